The van der Waals surface area contributed by atoms with Gasteiger partial charge in [-0.05, 0) is 20.8 Å². The summed E-state index contributed by atoms with van der Waals surface area (Å²) in [6.45, 7) is 6.24. The molecule has 0 aromatic rings. The van der Waals surface area contributed by atoms with E-state index in [0.29, 0.717) is 6.54 Å². The minimum Gasteiger partial charge on any atom is -0.442 e. The van der Waals surface area contributed by atoms with Gasteiger partial charge < -0.3 is 14.8 Å². The second-order valence-corrected chi connectivity index (χ2v) is 4.38. The van der Waals surface area contributed by atoms with E-state index in [4.69, 9.17) is 4.74 Å². The molecule has 1 fully saturated rings. The molecule has 0 aromatic carbocycles. The molecule has 0 aliphatic carbocycles. The van der Waals surface area contributed by atoms with E-state index in [1.165, 1.54) is 0 Å². The molecule has 0 spiro atoms. The summed E-state index contributed by atoms with van der Waals surface area (Å²) in [6, 6.07) is -0.450. The first-order valence-electron chi connectivity index (χ1n) is 4.60. The van der Waals surface area contributed by atoms with Gasteiger partial charge in [0, 0.05) is 5.54 Å². The molecular weight excluding hydrogens is 184 g/mol. The topological polar surface area (TPSA) is 67.4 Å². The monoisotopic (exact) mass is 200 g/mol. The van der Waals surface area contributed by atoms with Crippen molar-refractivity contribution in [1.29, 1.82) is 0 Å². The van der Waals surface area contributed by atoms with Crippen LogP contribution in [0.5, 0.6) is 0 Å². The molecule has 1 aliphatic rings. The predicted octanol–water partition coefficient (Wildman–Crippen LogP) is 0.0504. The summed E-state index contributed by atoms with van der Waals surface area (Å²) in [6.07, 6.45) is -0.0901. The van der Waals surface area contributed by atoms with Crippen molar-refractivity contribution in [3.05, 3.63) is 0 Å². The molecule has 5 nitrogen and oxygen atoms in total. The molecule has 14 heavy (non-hydrogen) atoms. The molecule has 0 aromatic heterocycles. The molecule has 0 radical (unpaired) electrons. The van der Waals surface area contributed by atoms with Crippen molar-refractivity contribution in [2.45, 2.75) is 38.5 Å². The summed E-state index contributed by atoms with van der Waals surface area (Å²) < 4.78 is 4.92. The van der Waals surface area contributed by atoms with Gasteiger partial charge in [0.25, 0.3) is 0 Å². The number of alkyl carbamates (subject to hydrolysis) is 1. The third kappa shape index (κ3) is 2.99. The van der Waals surface area contributed by atoms with Crippen LogP contribution in [0, 0.1) is 0 Å². The van der Waals surface area contributed by atoms with Gasteiger partial charge >= 0.3 is 6.09 Å². The molecule has 0 bridgehead atoms. The van der Waals surface area contributed by atoms with E-state index < -0.39 is 18.2 Å². The van der Waals surface area contributed by atoms with Crippen LogP contribution in [-0.4, -0.2) is 36.6 Å². The number of nitrogens with one attached hydrogen (secondary N) is 2. The molecule has 2 atom stereocenters. The summed E-state index contributed by atoms with van der Waals surface area (Å²) >= 11 is 0. The maximum Gasteiger partial charge on any atom is 0.407 e. The van der Waals surface area contributed by atoms with Crippen molar-refractivity contribution in [1.82, 2.24) is 10.6 Å². The van der Waals surface area contributed by atoms with Gasteiger partial charge in [0.05, 0.1) is 6.54 Å². The number of ether oxygens (including phenoxy) is 1. The highest BCUT2D eigenvalue weighted by Gasteiger charge is 2.32. The summed E-state index contributed by atoms with van der Waals surface area (Å²) in [7, 11) is 0. The minimum atomic E-state index is -0.461. The van der Waals surface area contributed by atoms with Crippen molar-refractivity contribution in [2.24, 2.45) is 0 Å². The average molecular weight is 200 g/mol. The molecule has 5 heteroatoms. The molecule has 1 unspecified atom stereocenters. The van der Waals surface area contributed by atoms with Gasteiger partial charge in [-0.1, -0.05) is 0 Å². The predicted molar refractivity (Wildman–Crippen MR) is 51.0 cm³/mol. The molecular formula is C9H16N2O3. The first kappa shape index (κ1) is 11.0. The number of carbonyl (C=O) groups is 2. The number of cyclic esters (lactones) is 1. The van der Waals surface area contributed by atoms with Crippen molar-refractivity contribution in [3.63, 3.8) is 0 Å². The largest absolute Gasteiger partial charge is 0.442 e. The lowest BCUT2D eigenvalue weighted by Crippen LogP contribution is -2.51. The Morgan fingerprint density at radius 2 is 2.29 bits per heavy atom. The highest BCUT2D eigenvalue weighted by atomic mass is 16.6. The van der Waals surface area contributed by atoms with Crippen LogP contribution in [0.4, 0.5) is 4.79 Å². The van der Waals surface area contributed by atoms with Gasteiger partial charge in [-0.3, -0.25) is 5.32 Å². The van der Waals surface area contributed by atoms with Crippen LogP contribution in [-0.2, 0) is 9.53 Å². The Morgan fingerprint density at radius 3 is 2.64 bits per heavy atom. The fraction of sp³-hybridized carbons (Fsp3) is 0.778. The van der Waals surface area contributed by atoms with E-state index in [0.717, 1.165) is 6.29 Å². The lowest BCUT2D eigenvalue weighted by Gasteiger charge is -2.27. The number of amides is 1. The standard InChI is InChI=1S/C9H16N2O3/c1-9(2,3)11-6(5-12)7-4-10-8(13)14-7/h5-7,11H,4H2,1-3H3,(H,10,13)/t6-,7?/m1/s1. The third-order valence-corrected chi connectivity index (χ3v) is 1.85. The Kier molecular flexibility index (Phi) is 3.10. The van der Waals surface area contributed by atoms with E-state index in [9.17, 15) is 9.59 Å². The van der Waals surface area contributed by atoms with Gasteiger partial charge in [0.1, 0.15) is 18.4 Å². The van der Waals surface area contributed by atoms with E-state index in [1.807, 2.05) is 20.8 Å². The average Bonchev–Trinajstić information content (AvgIpc) is 2.46. The Balaban J connectivity index is 2.54. The van der Waals surface area contributed by atoms with Crippen molar-refractivity contribution < 1.29 is 14.3 Å². The lowest BCUT2D eigenvalue weighted by atomic mass is 10.0. The van der Waals surface area contributed by atoms with Gasteiger partial charge in [-0.25, -0.2) is 4.79 Å². The first-order valence-corrected chi connectivity index (χ1v) is 4.60. The molecule has 0 saturated carbocycles. The first-order chi connectivity index (χ1) is 6.42. The fourth-order valence-corrected chi connectivity index (χ4v) is 1.32. The maximum atomic E-state index is 10.8. The Hall–Kier alpha value is -1.10. The zero-order chi connectivity index (χ0) is 10.8. The van der Waals surface area contributed by atoms with Gasteiger partial charge in [-0.2, -0.15) is 0 Å². The SMILES string of the molecule is CC(C)(C)N[C@H](C=O)C1CNC(=O)O1. The number of rotatable bonds is 3. The van der Waals surface area contributed by atoms with Crippen LogP contribution in [0.3, 0.4) is 0 Å². The van der Waals surface area contributed by atoms with Crippen LogP contribution in [0.25, 0.3) is 0 Å². The third-order valence-electron chi connectivity index (χ3n) is 1.85. The number of aldehydes is 1. The molecule has 80 valence electrons. The highest BCUT2D eigenvalue weighted by Crippen LogP contribution is 2.08. The Bertz CT molecular complexity index is 235. The molecule has 1 saturated heterocycles. The number of hydrogen-bond donors (Lipinski definition) is 2. The number of hydrogen-bond acceptors (Lipinski definition) is 4. The number of carbonyl (C=O) groups excluding carboxylic acids is 2. The molecule has 1 rings (SSSR count). The summed E-state index contributed by atoms with van der Waals surface area (Å²) in [5.41, 5.74) is -0.180. The highest BCUT2D eigenvalue weighted by molar-refractivity contribution is 5.71. The van der Waals surface area contributed by atoms with Crippen LogP contribution < -0.4 is 10.6 Å². The van der Waals surface area contributed by atoms with Crippen LogP contribution in [0.1, 0.15) is 20.8 Å². The van der Waals surface area contributed by atoms with E-state index >= 15 is 0 Å². The second kappa shape index (κ2) is 3.96. The van der Waals surface area contributed by atoms with Crippen molar-refractivity contribution >= 4 is 12.4 Å². The molecule has 2 N–H and O–H groups in total. The van der Waals surface area contributed by atoms with Crippen molar-refractivity contribution in [3.8, 4) is 0 Å². The summed E-state index contributed by atoms with van der Waals surface area (Å²) in [5.74, 6) is 0. The minimum absolute atomic E-state index is 0.180. The molecule has 1 heterocycles. The van der Waals surface area contributed by atoms with Gasteiger partial charge in [0.15, 0.2) is 0 Å². The van der Waals surface area contributed by atoms with Crippen LogP contribution >= 0.6 is 0 Å². The maximum absolute atomic E-state index is 10.8. The normalized spacial score (nSPS) is 23.9. The second-order valence-electron chi connectivity index (χ2n) is 4.38. The van der Waals surface area contributed by atoms with E-state index in [-0.39, 0.29) is 5.54 Å². The quantitative estimate of drug-likeness (QED) is 0.632. The van der Waals surface area contributed by atoms with Crippen LogP contribution in [0.2, 0.25) is 0 Å². The zero-order valence-electron chi connectivity index (χ0n) is 8.66. The fourth-order valence-electron chi connectivity index (χ4n) is 1.32. The van der Waals surface area contributed by atoms with Gasteiger partial charge in [-0.15, -0.1) is 0 Å². The molecule has 1 aliphatic heterocycles. The van der Waals surface area contributed by atoms with E-state index in [2.05, 4.69) is 10.6 Å². The van der Waals surface area contributed by atoms with Crippen molar-refractivity contribution in [2.75, 3.05) is 6.54 Å². The Labute approximate surface area is 83.2 Å². The van der Waals surface area contributed by atoms with Gasteiger partial charge in [0.2, 0.25) is 0 Å². The van der Waals surface area contributed by atoms with Crippen LogP contribution in [0.15, 0.2) is 0 Å². The lowest BCUT2D eigenvalue weighted by molar-refractivity contribution is -0.112. The van der Waals surface area contributed by atoms with E-state index in [1.54, 1.807) is 0 Å². The summed E-state index contributed by atoms with van der Waals surface area (Å²) in [4.78, 5) is 21.6. The molecule has 1 amide bonds. The zero-order valence-corrected chi connectivity index (χ0v) is 8.66. The summed E-state index contributed by atoms with van der Waals surface area (Å²) in [5, 5.41) is 5.59. The smallest absolute Gasteiger partial charge is 0.407 e. The Morgan fingerprint density at radius 1 is 1.64 bits per heavy atom.